The minimum atomic E-state index is -1.04. The molecule has 0 unspecified atom stereocenters. The van der Waals surface area contributed by atoms with Crippen LogP contribution >= 0.6 is 11.6 Å². The van der Waals surface area contributed by atoms with Gasteiger partial charge < -0.3 is 16.5 Å². The van der Waals surface area contributed by atoms with Crippen LogP contribution < -0.4 is 11.6 Å². The highest BCUT2D eigenvalue weighted by Gasteiger charge is 2.17. The number of nitrogens with two attached hydrogens (primary N) is 2. The summed E-state index contributed by atoms with van der Waals surface area (Å²) in [5.74, 6) is 3.05. The summed E-state index contributed by atoms with van der Waals surface area (Å²) in [5.41, 5.74) is 8.27. The van der Waals surface area contributed by atoms with Crippen LogP contribution in [0.15, 0.2) is 64.0 Å². The predicted molar refractivity (Wildman–Crippen MR) is 118 cm³/mol. The fourth-order valence-electron chi connectivity index (χ4n) is 2.90. The molecule has 0 saturated carbocycles. The van der Waals surface area contributed by atoms with Gasteiger partial charge in [-0.1, -0.05) is 41.1 Å². The predicted octanol–water partition coefficient (Wildman–Crippen LogP) is 4.73. The summed E-state index contributed by atoms with van der Waals surface area (Å²) in [4.78, 5) is 10.2. The Hall–Kier alpha value is -3.43. The summed E-state index contributed by atoms with van der Waals surface area (Å²) >= 11 is 5.74. The smallest absolute Gasteiger partial charge is 0.187 e. The Kier molecular flexibility index (Phi) is 6.88. The Bertz CT molecular complexity index is 1150. The van der Waals surface area contributed by atoms with Gasteiger partial charge in [-0.05, 0) is 43.4 Å². The average molecular weight is 444 g/mol. The van der Waals surface area contributed by atoms with E-state index < -0.39 is 17.3 Å². The van der Waals surface area contributed by atoms with Gasteiger partial charge in [0.15, 0.2) is 17.5 Å². The first-order valence-corrected chi connectivity index (χ1v) is 9.51. The molecule has 31 heavy (non-hydrogen) atoms. The molecule has 0 spiro atoms. The van der Waals surface area contributed by atoms with E-state index in [1.54, 1.807) is 12.3 Å². The molecule has 10 heteroatoms. The first-order valence-electron chi connectivity index (χ1n) is 9.13. The van der Waals surface area contributed by atoms with Crippen molar-refractivity contribution in [1.29, 1.82) is 0 Å². The number of benzene rings is 2. The number of nitrogens with zero attached hydrogens (tertiary/aromatic N) is 5. The van der Waals surface area contributed by atoms with Crippen molar-refractivity contribution in [2.24, 2.45) is 21.2 Å². The van der Waals surface area contributed by atoms with Gasteiger partial charge in [-0.3, -0.25) is 0 Å². The van der Waals surface area contributed by atoms with Gasteiger partial charge in [-0.25, -0.2) is 18.8 Å². The number of pyridine rings is 1. The summed E-state index contributed by atoms with van der Waals surface area (Å²) in [6.07, 6.45) is 1.58. The molecule has 3 aromatic rings. The van der Waals surface area contributed by atoms with Crippen LogP contribution in [0.5, 0.6) is 0 Å². The van der Waals surface area contributed by atoms with Crippen molar-refractivity contribution in [3.63, 3.8) is 0 Å². The van der Waals surface area contributed by atoms with E-state index in [2.05, 4.69) is 25.2 Å². The van der Waals surface area contributed by atoms with Crippen LogP contribution in [0, 0.1) is 11.6 Å². The van der Waals surface area contributed by atoms with E-state index in [1.807, 2.05) is 38.4 Å². The summed E-state index contributed by atoms with van der Waals surface area (Å²) in [6.45, 7) is 0.802. The van der Waals surface area contributed by atoms with Gasteiger partial charge in [0, 0.05) is 18.3 Å². The molecule has 1 heterocycles. The molecule has 0 atom stereocenters. The largest absolute Gasteiger partial charge is 0.383 e. The zero-order chi connectivity index (χ0) is 22.5. The third-order valence-electron chi connectivity index (χ3n) is 4.34. The van der Waals surface area contributed by atoms with Gasteiger partial charge in [0.05, 0.1) is 10.6 Å². The van der Waals surface area contributed by atoms with Crippen molar-refractivity contribution >= 4 is 28.9 Å². The Labute approximate surface area is 183 Å². The second-order valence-electron chi connectivity index (χ2n) is 6.93. The lowest BCUT2D eigenvalue weighted by atomic mass is 10.0. The highest BCUT2D eigenvalue weighted by molar-refractivity contribution is 6.31. The second kappa shape index (κ2) is 9.59. The van der Waals surface area contributed by atoms with Crippen molar-refractivity contribution in [3.05, 3.63) is 76.4 Å². The average Bonchev–Trinajstić information content (AvgIpc) is 2.74. The third-order valence-corrected chi connectivity index (χ3v) is 4.63. The zero-order valence-corrected chi connectivity index (χ0v) is 17.6. The molecule has 0 aliphatic carbocycles. The van der Waals surface area contributed by atoms with Crippen LogP contribution in [-0.2, 0) is 6.54 Å². The molecular formula is C21H20ClF2N7. The van der Waals surface area contributed by atoms with Gasteiger partial charge >= 0.3 is 0 Å². The molecular weight excluding hydrogens is 424 g/mol. The molecule has 0 aliphatic heterocycles. The van der Waals surface area contributed by atoms with E-state index in [1.165, 1.54) is 0 Å². The maximum atomic E-state index is 14.3. The minimum Gasteiger partial charge on any atom is -0.383 e. The normalized spacial score (nSPS) is 12.1. The standard InChI is InChI=1S/C21H20ClF2N7/c1-31(2)11-12-3-5-13(6-4-12)14-9-15(20(25)27-10-14)21(29-30-26)28-19-17(23)8-7-16(22)18(19)24/h3-10H,11H2,1-2H3,(H2,25,27)(H2,26,28,29). The number of nitrogen functional groups attached to an aromatic ring is 1. The fourth-order valence-corrected chi connectivity index (χ4v) is 3.05. The van der Waals surface area contributed by atoms with E-state index in [0.717, 1.165) is 29.8 Å². The molecule has 0 saturated heterocycles. The highest BCUT2D eigenvalue weighted by Crippen LogP contribution is 2.30. The highest BCUT2D eigenvalue weighted by atomic mass is 35.5. The van der Waals surface area contributed by atoms with Gasteiger partial charge in [0.2, 0.25) is 0 Å². The van der Waals surface area contributed by atoms with Crippen molar-refractivity contribution in [1.82, 2.24) is 9.88 Å². The summed E-state index contributed by atoms with van der Waals surface area (Å²) in [7, 11) is 3.98. The van der Waals surface area contributed by atoms with Crippen LogP contribution in [0.25, 0.3) is 11.1 Å². The van der Waals surface area contributed by atoms with Crippen LogP contribution in [0.1, 0.15) is 11.1 Å². The lowest BCUT2D eigenvalue weighted by Gasteiger charge is -2.11. The van der Waals surface area contributed by atoms with Gasteiger partial charge in [0.25, 0.3) is 0 Å². The topological polar surface area (TPSA) is 105 Å². The molecule has 1 aromatic heterocycles. The molecule has 160 valence electrons. The number of halogens is 3. The quantitative estimate of drug-likeness (QED) is 0.148. The van der Waals surface area contributed by atoms with Gasteiger partial charge in [0.1, 0.15) is 11.5 Å². The lowest BCUT2D eigenvalue weighted by Crippen LogP contribution is -2.10. The minimum absolute atomic E-state index is 0.0435. The van der Waals surface area contributed by atoms with Crippen LogP contribution in [0.2, 0.25) is 5.02 Å². The maximum Gasteiger partial charge on any atom is 0.187 e. The number of anilines is 1. The first-order chi connectivity index (χ1) is 14.8. The number of aromatic nitrogens is 1. The lowest BCUT2D eigenvalue weighted by molar-refractivity contribution is 0.402. The Morgan fingerprint density at radius 3 is 2.45 bits per heavy atom. The van der Waals surface area contributed by atoms with Crippen molar-refractivity contribution in [2.45, 2.75) is 6.54 Å². The van der Waals surface area contributed by atoms with Crippen molar-refractivity contribution < 1.29 is 8.78 Å². The number of aliphatic imine (C=N–C) groups is 1. The number of rotatable bonds is 5. The van der Waals surface area contributed by atoms with Crippen LogP contribution in [-0.4, -0.2) is 29.8 Å². The van der Waals surface area contributed by atoms with E-state index in [4.69, 9.17) is 23.2 Å². The third kappa shape index (κ3) is 5.19. The van der Waals surface area contributed by atoms with Gasteiger partial charge in [-0.15, -0.1) is 5.11 Å². The fraction of sp³-hybridized carbons (Fsp3) is 0.143. The molecule has 0 fully saturated rings. The first kappa shape index (κ1) is 22.3. The second-order valence-corrected chi connectivity index (χ2v) is 7.34. The van der Waals surface area contributed by atoms with E-state index in [0.29, 0.717) is 5.56 Å². The van der Waals surface area contributed by atoms with Crippen molar-refractivity contribution in [3.8, 4) is 11.1 Å². The van der Waals surface area contributed by atoms with E-state index in [9.17, 15) is 8.78 Å². The molecule has 0 bridgehead atoms. The van der Waals surface area contributed by atoms with Crippen LogP contribution in [0.4, 0.5) is 20.3 Å². The SMILES string of the molecule is CN(C)Cc1ccc(-c2cnc(N)c(C(N=NN)=Nc3c(F)ccc(Cl)c3F)c2)cc1. The Morgan fingerprint density at radius 1 is 1.10 bits per heavy atom. The summed E-state index contributed by atoms with van der Waals surface area (Å²) in [6, 6.07) is 11.6. The maximum absolute atomic E-state index is 14.3. The molecule has 3 rings (SSSR count). The molecule has 0 amide bonds. The Morgan fingerprint density at radius 2 is 1.81 bits per heavy atom. The van der Waals surface area contributed by atoms with Crippen molar-refractivity contribution in [2.75, 3.05) is 19.8 Å². The molecule has 2 aromatic carbocycles. The number of amidine groups is 1. The molecule has 4 N–H and O–H groups in total. The number of hydrogen-bond donors (Lipinski definition) is 2. The summed E-state index contributed by atoms with van der Waals surface area (Å²) < 4.78 is 28.5. The number of hydrogen-bond acceptors (Lipinski definition) is 5. The Balaban J connectivity index is 2.07. The molecule has 0 aliphatic rings. The van der Waals surface area contributed by atoms with E-state index >= 15 is 0 Å². The molecule has 0 radical (unpaired) electrons. The summed E-state index contributed by atoms with van der Waals surface area (Å²) in [5, 5.41) is 6.61. The van der Waals surface area contributed by atoms with E-state index in [-0.39, 0.29) is 22.2 Å². The van der Waals surface area contributed by atoms with Gasteiger partial charge in [-0.2, -0.15) is 0 Å². The monoisotopic (exact) mass is 443 g/mol. The van der Waals surface area contributed by atoms with Crippen LogP contribution in [0.3, 0.4) is 0 Å². The zero-order valence-electron chi connectivity index (χ0n) is 16.9. The molecule has 7 nitrogen and oxygen atoms in total.